The molecule has 0 amide bonds. The van der Waals surface area contributed by atoms with E-state index in [0.29, 0.717) is 0 Å². The van der Waals surface area contributed by atoms with Crippen molar-refractivity contribution in [1.82, 2.24) is 0 Å². The lowest BCUT2D eigenvalue weighted by molar-refractivity contribution is -0.385. The first-order valence-corrected chi connectivity index (χ1v) is 5.33. The molecule has 3 nitrogen and oxygen atoms in total. The van der Waals surface area contributed by atoms with E-state index in [2.05, 4.69) is 13.5 Å². The molecule has 1 rings (SSSR count). The topological polar surface area (TPSA) is 43.1 Å². The third-order valence-electron chi connectivity index (χ3n) is 2.49. The van der Waals surface area contributed by atoms with Crippen molar-refractivity contribution >= 4 is 5.69 Å². The van der Waals surface area contributed by atoms with Gasteiger partial charge >= 0.3 is 0 Å². The van der Waals surface area contributed by atoms with Crippen LogP contribution in [-0.2, 0) is 6.42 Å². The van der Waals surface area contributed by atoms with Crippen molar-refractivity contribution < 1.29 is 4.92 Å². The van der Waals surface area contributed by atoms with Crippen LogP contribution in [0.1, 0.15) is 31.4 Å². The average molecular weight is 218 g/mol. The molecule has 0 fully saturated rings. The maximum Gasteiger partial charge on any atom is 0.270 e. The number of nitro groups is 1. The molecule has 0 saturated carbocycles. The van der Waals surface area contributed by atoms with Gasteiger partial charge in [0.25, 0.3) is 5.69 Å². The number of rotatable bonds is 5. The number of nitrogens with zero attached hydrogens (tertiary/aromatic N) is 1. The number of allylic oxidation sites excluding steroid dienone is 1. The molecule has 0 atom stereocenters. The zero-order valence-corrected chi connectivity index (χ0v) is 9.69. The highest BCUT2D eigenvalue weighted by molar-refractivity contribution is 5.46. The first-order chi connectivity index (χ1) is 7.58. The summed E-state index contributed by atoms with van der Waals surface area (Å²) in [6.45, 7) is 7.64. The van der Waals surface area contributed by atoms with E-state index in [9.17, 15) is 10.1 Å². The fourth-order valence-corrected chi connectivity index (χ4v) is 1.56. The molecule has 0 aliphatic heterocycles. The van der Waals surface area contributed by atoms with Crippen molar-refractivity contribution in [3.63, 3.8) is 0 Å². The fraction of sp³-hybridized carbons (Fsp3) is 0.308. The van der Waals surface area contributed by atoms with Crippen molar-refractivity contribution in [2.24, 2.45) is 0 Å². The summed E-state index contributed by atoms with van der Waals surface area (Å²) in [5.41, 5.74) is 2.04. The van der Waals surface area contributed by atoms with Crippen LogP contribution in [0.3, 0.4) is 0 Å². The molecule has 16 heavy (non-hydrogen) atoms. The van der Waals surface area contributed by atoms with E-state index in [1.54, 1.807) is 18.2 Å². The zero-order valence-electron chi connectivity index (χ0n) is 9.69. The molecule has 1 aromatic rings. The summed E-state index contributed by atoms with van der Waals surface area (Å²) in [4.78, 5) is 10.4. The van der Waals surface area contributed by atoms with Crippen LogP contribution >= 0.6 is 0 Å². The Balaban J connectivity index is 3.17. The number of non-ortho nitro benzene ring substituents is 1. The van der Waals surface area contributed by atoms with Crippen molar-refractivity contribution in [3.8, 4) is 0 Å². The lowest BCUT2D eigenvalue weighted by Gasteiger charge is -2.08. The smallest absolute Gasteiger partial charge is 0.258 e. The molecule has 0 aliphatic carbocycles. The van der Waals surface area contributed by atoms with Crippen LogP contribution in [0.5, 0.6) is 0 Å². The molecule has 0 aliphatic rings. The van der Waals surface area contributed by atoms with Crippen molar-refractivity contribution in [3.05, 3.63) is 58.0 Å². The summed E-state index contributed by atoms with van der Waals surface area (Å²) in [7, 11) is 0. The van der Waals surface area contributed by atoms with Gasteiger partial charge < -0.3 is 0 Å². The number of hydrogen-bond donors (Lipinski definition) is 0. The molecule has 1 radical (unpaired) electrons. The van der Waals surface area contributed by atoms with Gasteiger partial charge in [-0.1, -0.05) is 32.4 Å². The van der Waals surface area contributed by atoms with Crippen molar-refractivity contribution in [1.29, 1.82) is 0 Å². The van der Waals surface area contributed by atoms with Gasteiger partial charge in [-0.3, -0.25) is 10.1 Å². The molecule has 0 bridgehead atoms. The molecule has 0 unspecified atom stereocenters. The monoisotopic (exact) mass is 218 g/mol. The highest BCUT2D eigenvalue weighted by atomic mass is 16.6. The van der Waals surface area contributed by atoms with Gasteiger partial charge in [-0.25, -0.2) is 0 Å². The molecular weight excluding hydrogens is 202 g/mol. The van der Waals surface area contributed by atoms with E-state index >= 15 is 0 Å². The van der Waals surface area contributed by atoms with Gasteiger partial charge in [0.05, 0.1) is 4.92 Å². The summed E-state index contributed by atoms with van der Waals surface area (Å²) in [5.74, 6) is 0.959. The van der Waals surface area contributed by atoms with Crippen LogP contribution in [0, 0.1) is 16.0 Å². The van der Waals surface area contributed by atoms with Gasteiger partial charge in [-0.15, -0.1) is 6.58 Å². The Hall–Kier alpha value is -1.64. The minimum absolute atomic E-state index is 0.155. The Kier molecular flexibility index (Phi) is 4.23. The van der Waals surface area contributed by atoms with Crippen LogP contribution in [-0.4, -0.2) is 4.92 Å². The van der Waals surface area contributed by atoms with Gasteiger partial charge in [0, 0.05) is 18.1 Å². The quantitative estimate of drug-likeness (QED) is 0.559. The second-order valence-electron chi connectivity index (χ2n) is 3.78. The van der Waals surface area contributed by atoms with Gasteiger partial charge in [0.15, 0.2) is 0 Å². The second kappa shape index (κ2) is 5.45. The van der Waals surface area contributed by atoms with Crippen LogP contribution in [0.15, 0.2) is 30.9 Å². The van der Waals surface area contributed by atoms with E-state index in [4.69, 9.17) is 0 Å². The first-order valence-electron chi connectivity index (χ1n) is 5.33. The predicted octanol–water partition coefficient (Wildman–Crippen LogP) is 3.68. The number of hydrogen-bond acceptors (Lipinski definition) is 2. The lowest BCUT2D eigenvalue weighted by atomic mass is 9.97. The third-order valence-corrected chi connectivity index (χ3v) is 2.49. The second-order valence-corrected chi connectivity index (χ2v) is 3.78. The summed E-state index contributed by atoms with van der Waals surface area (Å²) in [6, 6.07) is 5.23. The zero-order chi connectivity index (χ0) is 12.1. The molecular formula is C13H16NO2. The van der Waals surface area contributed by atoms with Crippen LogP contribution in [0.4, 0.5) is 5.69 Å². The maximum absolute atomic E-state index is 10.8. The van der Waals surface area contributed by atoms with Gasteiger partial charge in [-0.2, -0.15) is 0 Å². The lowest BCUT2D eigenvalue weighted by Crippen LogP contribution is -1.97. The van der Waals surface area contributed by atoms with Crippen LogP contribution < -0.4 is 0 Å². The van der Waals surface area contributed by atoms with Gasteiger partial charge in [-0.05, 0) is 17.5 Å². The summed E-state index contributed by atoms with van der Waals surface area (Å²) >= 11 is 0. The first kappa shape index (κ1) is 12.4. The molecule has 0 heterocycles. The normalized spacial score (nSPS) is 10.4. The van der Waals surface area contributed by atoms with Crippen molar-refractivity contribution in [2.45, 2.75) is 26.7 Å². The van der Waals surface area contributed by atoms with E-state index in [1.807, 2.05) is 13.0 Å². The van der Waals surface area contributed by atoms with Crippen molar-refractivity contribution in [2.75, 3.05) is 0 Å². The summed E-state index contributed by atoms with van der Waals surface area (Å²) in [5, 5.41) is 10.8. The Bertz CT molecular complexity index is 399. The molecule has 0 aromatic heterocycles. The molecule has 1 aromatic carbocycles. The minimum Gasteiger partial charge on any atom is -0.258 e. The standard InChI is InChI=1S/C13H16NO2/c1-4-6-11-7-12(10(3)5-2)9-13(8-11)14(15)16/h5,7-9H,2,4,6H2,1,3H3. The largest absolute Gasteiger partial charge is 0.270 e. The fourth-order valence-electron chi connectivity index (χ4n) is 1.56. The molecule has 85 valence electrons. The Morgan fingerprint density at radius 1 is 1.50 bits per heavy atom. The molecule has 0 spiro atoms. The van der Waals surface area contributed by atoms with Gasteiger partial charge in [0.2, 0.25) is 0 Å². The van der Waals surface area contributed by atoms with E-state index in [-0.39, 0.29) is 10.6 Å². The number of nitro benzene ring substituents is 1. The number of aryl methyl sites for hydroxylation is 1. The summed E-state index contributed by atoms with van der Waals surface area (Å²) < 4.78 is 0. The Labute approximate surface area is 95.9 Å². The summed E-state index contributed by atoms with van der Waals surface area (Å²) in [6.07, 6.45) is 3.56. The van der Waals surface area contributed by atoms with Crippen LogP contribution in [0.2, 0.25) is 0 Å². The number of benzene rings is 1. The average Bonchev–Trinajstić information content (AvgIpc) is 2.28. The third kappa shape index (κ3) is 2.92. The SMILES string of the molecule is C=C[C](C)c1cc(CCC)cc([N+](=O)[O-])c1. The van der Waals surface area contributed by atoms with Gasteiger partial charge in [0.1, 0.15) is 0 Å². The minimum atomic E-state index is -0.348. The van der Waals surface area contributed by atoms with E-state index in [1.165, 1.54) is 0 Å². The predicted molar refractivity (Wildman–Crippen MR) is 65.3 cm³/mol. The van der Waals surface area contributed by atoms with Crippen LogP contribution in [0.25, 0.3) is 0 Å². The van der Waals surface area contributed by atoms with E-state index in [0.717, 1.165) is 29.9 Å². The molecule has 3 heteroatoms. The Morgan fingerprint density at radius 2 is 2.19 bits per heavy atom. The molecule has 0 saturated heterocycles. The molecule has 0 N–H and O–H groups in total. The maximum atomic E-state index is 10.8. The Morgan fingerprint density at radius 3 is 2.69 bits per heavy atom. The highest BCUT2D eigenvalue weighted by Gasteiger charge is 2.12. The van der Waals surface area contributed by atoms with E-state index < -0.39 is 0 Å². The highest BCUT2D eigenvalue weighted by Crippen LogP contribution is 2.24.